The molecule has 0 N–H and O–H groups in total. The van der Waals surface area contributed by atoms with Crippen molar-refractivity contribution in [2.45, 2.75) is 50.7 Å². The molecule has 3 aliphatic rings. The number of piperazine rings is 1. The van der Waals surface area contributed by atoms with Gasteiger partial charge in [0.2, 0.25) is 0 Å². The second-order valence-electron chi connectivity index (χ2n) is 8.36. The number of fused-ring (bicyclic) bond motifs is 2. The number of benzene rings is 1. The Morgan fingerprint density at radius 3 is 2.53 bits per heavy atom. The number of aryl methyl sites for hydroxylation is 1. The molecule has 1 aromatic carbocycles. The molecular formula is C26H27N3O. The molecule has 4 heteroatoms. The molecule has 0 bridgehead atoms. The first-order valence-corrected chi connectivity index (χ1v) is 10.9. The third-order valence-corrected chi connectivity index (χ3v) is 6.48. The van der Waals surface area contributed by atoms with E-state index in [1.54, 1.807) is 6.20 Å². The van der Waals surface area contributed by atoms with Crippen LogP contribution in [-0.4, -0.2) is 33.9 Å². The Hall–Kier alpha value is -3.14. The van der Waals surface area contributed by atoms with Crippen LogP contribution in [0.15, 0.2) is 84.7 Å². The molecule has 0 spiro atoms. The lowest BCUT2D eigenvalue weighted by atomic mass is 9.82. The van der Waals surface area contributed by atoms with Gasteiger partial charge in [0.25, 0.3) is 5.91 Å². The van der Waals surface area contributed by atoms with Gasteiger partial charge < -0.3 is 9.80 Å². The second kappa shape index (κ2) is 7.94. The molecule has 1 saturated carbocycles. The summed E-state index contributed by atoms with van der Waals surface area (Å²) in [6.45, 7) is 2.12. The summed E-state index contributed by atoms with van der Waals surface area (Å²) in [7, 11) is 0. The zero-order valence-electron chi connectivity index (χ0n) is 17.3. The molecule has 4 nitrogen and oxygen atoms in total. The Morgan fingerprint density at radius 1 is 0.967 bits per heavy atom. The average Bonchev–Trinajstić information content (AvgIpc) is 3.04. The van der Waals surface area contributed by atoms with Crippen LogP contribution in [0.2, 0.25) is 0 Å². The number of anilines is 1. The van der Waals surface area contributed by atoms with E-state index in [4.69, 9.17) is 0 Å². The van der Waals surface area contributed by atoms with Crippen molar-refractivity contribution in [3.63, 3.8) is 0 Å². The maximum atomic E-state index is 13.7. The van der Waals surface area contributed by atoms with Crippen molar-refractivity contribution in [2.75, 3.05) is 4.90 Å². The number of carbonyl (C=O) groups is 1. The first kappa shape index (κ1) is 18.9. The van der Waals surface area contributed by atoms with Crippen LogP contribution in [0.4, 0.5) is 5.69 Å². The number of amides is 1. The fourth-order valence-corrected chi connectivity index (χ4v) is 5.10. The summed E-state index contributed by atoms with van der Waals surface area (Å²) < 4.78 is 0. The molecule has 2 aromatic rings. The lowest BCUT2D eigenvalue weighted by Gasteiger charge is -2.55. The number of pyridine rings is 1. The van der Waals surface area contributed by atoms with Crippen molar-refractivity contribution in [2.24, 2.45) is 0 Å². The first-order valence-electron chi connectivity index (χ1n) is 10.9. The summed E-state index contributed by atoms with van der Waals surface area (Å²) in [4.78, 5) is 22.6. The van der Waals surface area contributed by atoms with Crippen molar-refractivity contribution in [3.05, 3.63) is 96.0 Å². The van der Waals surface area contributed by atoms with Crippen molar-refractivity contribution in [3.8, 4) is 0 Å². The summed E-state index contributed by atoms with van der Waals surface area (Å²) in [5.41, 5.74) is 4.16. The van der Waals surface area contributed by atoms with Crippen LogP contribution in [0.5, 0.6) is 0 Å². The van der Waals surface area contributed by atoms with E-state index >= 15 is 0 Å². The number of carbonyl (C=O) groups excluding carboxylic acids is 1. The quantitative estimate of drug-likeness (QED) is 0.712. The number of allylic oxidation sites excluding steroid dienone is 4. The molecule has 2 fully saturated rings. The molecule has 1 saturated heterocycles. The maximum absolute atomic E-state index is 13.7. The van der Waals surface area contributed by atoms with Gasteiger partial charge in [-0.25, -0.2) is 0 Å². The Morgan fingerprint density at radius 2 is 1.77 bits per heavy atom. The maximum Gasteiger partial charge on any atom is 0.273 e. The van der Waals surface area contributed by atoms with E-state index in [1.165, 1.54) is 17.7 Å². The predicted molar refractivity (Wildman–Crippen MR) is 120 cm³/mol. The summed E-state index contributed by atoms with van der Waals surface area (Å²) in [6.07, 6.45) is 16.7. The summed E-state index contributed by atoms with van der Waals surface area (Å²) in [5, 5.41) is 0. The highest BCUT2D eigenvalue weighted by molar-refractivity contribution is 5.93. The fraction of sp³-hybridized carbons (Fsp3) is 0.308. The number of hydrogen-bond acceptors (Lipinski definition) is 3. The molecule has 152 valence electrons. The van der Waals surface area contributed by atoms with E-state index in [1.807, 2.05) is 24.3 Å². The predicted octanol–water partition coefficient (Wildman–Crippen LogP) is 5.04. The lowest BCUT2D eigenvalue weighted by Crippen LogP contribution is -2.64. The van der Waals surface area contributed by atoms with E-state index in [2.05, 4.69) is 70.3 Å². The molecular weight excluding hydrogens is 370 g/mol. The van der Waals surface area contributed by atoms with Crippen LogP contribution in [0.1, 0.15) is 41.7 Å². The Balaban J connectivity index is 1.63. The number of rotatable bonds is 2. The zero-order valence-corrected chi connectivity index (χ0v) is 17.3. The summed E-state index contributed by atoms with van der Waals surface area (Å²) in [6, 6.07) is 14.7. The van der Waals surface area contributed by atoms with Gasteiger partial charge in [-0.3, -0.25) is 9.78 Å². The van der Waals surface area contributed by atoms with Gasteiger partial charge in [0.15, 0.2) is 0 Å². The van der Waals surface area contributed by atoms with Crippen LogP contribution >= 0.6 is 0 Å². The highest BCUT2D eigenvalue weighted by Crippen LogP contribution is 2.41. The van der Waals surface area contributed by atoms with E-state index in [0.29, 0.717) is 5.69 Å². The van der Waals surface area contributed by atoms with Gasteiger partial charge in [-0.15, -0.1) is 0 Å². The topological polar surface area (TPSA) is 36.4 Å². The van der Waals surface area contributed by atoms with Crippen molar-refractivity contribution < 1.29 is 4.79 Å². The van der Waals surface area contributed by atoms with Gasteiger partial charge in [-0.05, 0) is 50.1 Å². The molecule has 1 amide bonds. The molecule has 0 unspecified atom stereocenters. The summed E-state index contributed by atoms with van der Waals surface area (Å²) in [5.74, 6) is 0.0264. The van der Waals surface area contributed by atoms with Crippen LogP contribution in [0.3, 0.4) is 0 Å². The number of nitrogens with zero attached hydrogens (tertiary/aromatic N) is 3. The van der Waals surface area contributed by atoms with Crippen LogP contribution in [0.25, 0.3) is 0 Å². The number of hydrogen-bond donors (Lipinski definition) is 0. The molecule has 1 aliphatic heterocycles. The second-order valence-corrected chi connectivity index (χ2v) is 8.36. The monoisotopic (exact) mass is 397 g/mol. The van der Waals surface area contributed by atoms with Crippen LogP contribution in [-0.2, 0) is 0 Å². The third-order valence-electron chi connectivity index (χ3n) is 6.48. The van der Waals surface area contributed by atoms with Gasteiger partial charge in [-0.2, -0.15) is 0 Å². The van der Waals surface area contributed by atoms with Gasteiger partial charge in [0.1, 0.15) is 5.69 Å². The van der Waals surface area contributed by atoms with Crippen LogP contribution in [0, 0.1) is 6.92 Å². The Bertz CT molecular complexity index is 1010. The molecule has 0 radical (unpaired) electrons. The molecule has 30 heavy (non-hydrogen) atoms. The van der Waals surface area contributed by atoms with E-state index in [0.717, 1.165) is 25.0 Å². The first-order chi connectivity index (χ1) is 14.7. The van der Waals surface area contributed by atoms with Gasteiger partial charge in [0, 0.05) is 17.6 Å². The average molecular weight is 398 g/mol. The van der Waals surface area contributed by atoms with Crippen molar-refractivity contribution in [1.82, 2.24) is 9.88 Å². The Kier molecular flexibility index (Phi) is 4.99. The minimum atomic E-state index is -0.102. The van der Waals surface area contributed by atoms with Crippen molar-refractivity contribution in [1.29, 1.82) is 0 Å². The standard InChI is InChI=1S/C26H27N3O/c1-19-14-16-20(17-15-19)28-22-10-3-2-4-11-24(22)29(25-13-6-5-12-23(25)28)26(30)21-9-7-8-18-27-21/h2-4,7-11,14-18,23-25H,5-6,12-13H2,1H3/t23-,24+,25-/m1/s1. The van der Waals surface area contributed by atoms with Gasteiger partial charge >= 0.3 is 0 Å². The fourth-order valence-electron chi connectivity index (χ4n) is 5.10. The highest BCUT2D eigenvalue weighted by Gasteiger charge is 2.47. The summed E-state index contributed by atoms with van der Waals surface area (Å²) >= 11 is 0. The van der Waals surface area contributed by atoms with E-state index < -0.39 is 0 Å². The highest BCUT2D eigenvalue weighted by atomic mass is 16.2. The number of aromatic nitrogens is 1. The normalized spacial score (nSPS) is 25.2. The van der Waals surface area contributed by atoms with Crippen molar-refractivity contribution >= 4 is 11.6 Å². The molecule has 2 heterocycles. The van der Waals surface area contributed by atoms with Gasteiger partial charge in [0.05, 0.1) is 18.1 Å². The van der Waals surface area contributed by atoms with E-state index in [-0.39, 0.29) is 24.0 Å². The zero-order chi connectivity index (χ0) is 20.5. The minimum Gasteiger partial charge on any atom is -0.338 e. The van der Waals surface area contributed by atoms with Gasteiger partial charge in [-0.1, -0.05) is 60.9 Å². The molecule has 2 aliphatic carbocycles. The largest absolute Gasteiger partial charge is 0.338 e. The smallest absolute Gasteiger partial charge is 0.273 e. The SMILES string of the molecule is Cc1ccc(N2C3=CC=CC=C[C@@H]3N(C(=O)c3ccccn3)[C@@H]3CCCC[C@H]32)cc1. The van der Waals surface area contributed by atoms with E-state index in [9.17, 15) is 4.79 Å². The third kappa shape index (κ3) is 3.26. The molecule has 1 aromatic heterocycles. The lowest BCUT2D eigenvalue weighted by molar-refractivity contribution is 0.0494. The molecule has 3 atom stereocenters. The minimum absolute atomic E-state index is 0.0264. The van der Waals surface area contributed by atoms with Crippen LogP contribution < -0.4 is 4.90 Å². The Labute approximate surface area is 178 Å². The molecule has 5 rings (SSSR count).